The number of para-hydroxylation sites is 1. The number of nitrogens with zero attached hydrogens (tertiary/aromatic N) is 4. The topological polar surface area (TPSA) is 45.4 Å². The summed E-state index contributed by atoms with van der Waals surface area (Å²) in [5.74, 6) is 2.19. The lowest BCUT2D eigenvalue weighted by molar-refractivity contribution is 0.215. The average Bonchev–Trinajstić information content (AvgIpc) is 3.29. The molecule has 0 amide bonds. The summed E-state index contributed by atoms with van der Waals surface area (Å²) in [7, 11) is 0. The summed E-state index contributed by atoms with van der Waals surface area (Å²) in [4.78, 5) is 9.20. The van der Waals surface area contributed by atoms with Crippen molar-refractivity contribution in [3.05, 3.63) is 41.0 Å². The second-order valence-electron chi connectivity index (χ2n) is 6.04. The Morgan fingerprint density at radius 2 is 1.91 bits per heavy atom. The van der Waals surface area contributed by atoms with E-state index in [-0.39, 0.29) is 0 Å². The van der Waals surface area contributed by atoms with Gasteiger partial charge in [-0.1, -0.05) is 28.9 Å². The average molecular weight is 319 g/mol. The lowest BCUT2D eigenvalue weighted by atomic mass is 10.2. The van der Waals surface area contributed by atoms with Gasteiger partial charge < -0.3 is 9.42 Å². The summed E-state index contributed by atoms with van der Waals surface area (Å²) in [5.41, 5.74) is 1.12. The van der Waals surface area contributed by atoms with Gasteiger partial charge in [-0.25, -0.2) is 0 Å². The smallest absolute Gasteiger partial charge is 0.240 e. The van der Waals surface area contributed by atoms with Gasteiger partial charge >= 0.3 is 0 Å². The van der Waals surface area contributed by atoms with Crippen LogP contribution in [-0.2, 0) is 6.54 Å². The summed E-state index contributed by atoms with van der Waals surface area (Å²) >= 11 is 6.27. The Morgan fingerprint density at radius 1 is 1.14 bits per heavy atom. The van der Waals surface area contributed by atoms with E-state index < -0.39 is 0 Å². The fourth-order valence-corrected chi connectivity index (χ4v) is 3.14. The largest absolute Gasteiger partial charge is 0.368 e. The zero-order valence-corrected chi connectivity index (χ0v) is 13.2. The van der Waals surface area contributed by atoms with Crippen molar-refractivity contribution in [3.8, 4) is 0 Å². The van der Waals surface area contributed by atoms with Crippen molar-refractivity contribution in [2.24, 2.45) is 0 Å². The van der Waals surface area contributed by atoms with Crippen molar-refractivity contribution < 1.29 is 4.52 Å². The third-order valence-corrected chi connectivity index (χ3v) is 4.67. The molecule has 0 bridgehead atoms. The normalized spacial score (nSPS) is 19.6. The second kappa shape index (κ2) is 5.89. The molecule has 0 atom stereocenters. The molecule has 1 aliphatic carbocycles. The maximum absolute atomic E-state index is 6.27. The van der Waals surface area contributed by atoms with Gasteiger partial charge in [-0.2, -0.15) is 4.98 Å². The quantitative estimate of drug-likeness (QED) is 0.867. The fourth-order valence-electron chi connectivity index (χ4n) is 2.89. The van der Waals surface area contributed by atoms with Crippen LogP contribution in [0.15, 0.2) is 28.8 Å². The minimum absolute atomic E-state index is 0.551. The monoisotopic (exact) mass is 318 g/mol. The molecule has 22 heavy (non-hydrogen) atoms. The van der Waals surface area contributed by atoms with Crippen molar-refractivity contribution in [2.75, 3.05) is 31.1 Å². The Kier molecular flexibility index (Phi) is 3.76. The molecule has 0 radical (unpaired) electrons. The molecule has 2 heterocycles. The predicted molar refractivity (Wildman–Crippen MR) is 85.2 cm³/mol. The van der Waals surface area contributed by atoms with Crippen LogP contribution in [0, 0.1) is 0 Å². The Morgan fingerprint density at radius 3 is 2.64 bits per heavy atom. The Labute approximate surface area is 134 Å². The molecule has 5 nitrogen and oxygen atoms in total. The first-order chi connectivity index (χ1) is 10.8. The van der Waals surface area contributed by atoms with Gasteiger partial charge in [0.2, 0.25) is 5.89 Å². The number of halogens is 1. The van der Waals surface area contributed by atoms with Crippen LogP contribution in [0.2, 0.25) is 5.02 Å². The van der Waals surface area contributed by atoms with Crippen LogP contribution in [0.3, 0.4) is 0 Å². The van der Waals surface area contributed by atoms with Gasteiger partial charge in [0, 0.05) is 32.1 Å². The number of rotatable bonds is 4. The van der Waals surface area contributed by atoms with Gasteiger partial charge in [0.25, 0.3) is 0 Å². The maximum atomic E-state index is 6.27. The van der Waals surface area contributed by atoms with E-state index in [2.05, 4.69) is 26.0 Å². The van der Waals surface area contributed by atoms with Crippen LogP contribution in [0.25, 0.3) is 0 Å². The van der Waals surface area contributed by atoms with Gasteiger partial charge in [0.15, 0.2) is 5.82 Å². The lowest BCUT2D eigenvalue weighted by Gasteiger charge is -2.35. The first-order valence-corrected chi connectivity index (χ1v) is 8.22. The molecule has 0 unspecified atom stereocenters. The summed E-state index contributed by atoms with van der Waals surface area (Å²) in [6, 6.07) is 8.03. The summed E-state index contributed by atoms with van der Waals surface area (Å²) in [6.45, 7) is 4.63. The number of hydrogen-bond donors (Lipinski definition) is 0. The van der Waals surface area contributed by atoms with Crippen molar-refractivity contribution >= 4 is 17.3 Å². The van der Waals surface area contributed by atoms with E-state index in [0.29, 0.717) is 5.92 Å². The first kappa shape index (κ1) is 14.0. The van der Waals surface area contributed by atoms with E-state index in [1.165, 1.54) is 12.8 Å². The summed E-state index contributed by atoms with van der Waals surface area (Å²) in [6.07, 6.45) is 2.41. The Bertz CT molecular complexity index is 647. The maximum Gasteiger partial charge on any atom is 0.240 e. The number of anilines is 1. The van der Waals surface area contributed by atoms with Crippen LogP contribution in [0.5, 0.6) is 0 Å². The minimum atomic E-state index is 0.551. The minimum Gasteiger partial charge on any atom is -0.368 e. The molecule has 2 fully saturated rings. The highest BCUT2D eigenvalue weighted by atomic mass is 35.5. The molecule has 1 aliphatic heterocycles. The van der Waals surface area contributed by atoms with Crippen LogP contribution in [-0.4, -0.2) is 41.2 Å². The molecule has 1 saturated heterocycles. The van der Waals surface area contributed by atoms with Gasteiger partial charge in [-0.05, 0) is 25.0 Å². The Balaban J connectivity index is 1.34. The number of hydrogen-bond acceptors (Lipinski definition) is 5. The molecule has 4 rings (SSSR count). The highest BCUT2D eigenvalue weighted by molar-refractivity contribution is 6.33. The zero-order valence-electron chi connectivity index (χ0n) is 12.4. The number of piperazine rings is 1. The zero-order chi connectivity index (χ0) is 14.9. The molecule has 1 aromatic heterocycles. The van der Waals surface area contributed by atoms with Gasteiger partial charge in [0.05, 0.1) is 17.3 Å². The molecular formula is C16H19ClN4O. The van der Waals surface area contributed by atoms with Crippen molar-refractivity contribution in [3.63, 3.8) is 0 Å². The van der Waals surface area contributed by atoms with E-state index in [1.807, 2.05) is 18.2 Å². The second-order valence-corrected chi connectivity index (χ2v) is 6.44. The van der Waals surface area contributed by atoms with Crippen LogP contribution in [0.4, 0.5) is 5.69 Å². The van der Waals surface area contributed by atoms with E-state index in [0.717, 1.165) is 55.1 Å². The lowest BCUT2D eigenvalue weighted by Crippen LogP contribution is -2.46. The van der Waals surface area contributed by atoms with Crippen LogP contribution in [0.1, 0.15) is 30.5 Å². The number of benzene rings is 1. The molecule has 1 saturated carbocycles. The van der Waals surface area contributed by atoms with Crippen molar-refractivity contribution in [1.82, 2.24) is 15.0 Å². The molecule has 1 aromatic carbocycles. The SMILES string of the molecule is Clc1ccccc1N1CCN(Cc2nc(C3CC3)no2)CC1. The molecular weight excluding hydrogens is 300 g/mol. The third kappa shape index (κ3) is 2.96. The van der Waals surface area contributed by atoms with Crippen LogP contribution < -0.4 is 4.90 Å². The standard InChI is InChI=1S/C16H19ClN4O/c17-13-3-1-2-4-14(13)21-9-7-20(8-10-21)11-15-18-16(19-22-15)12-5-6-12/h1-4,12H,5-11H2. The fraction of sp³-hybridized carbons (Fsp3) is 0.500. The summed E-state index contributed by atoms with van der Waals surface area (Å²) in [5, 5.41) is 4.90. The Hall–Kier alpha value is -1.59. The highest BCUT2D eigenvalue weighted by Crippen LogP contribution is 2.38. The van der Waals surface area contributed by atoms with Crippen molar-refractivity contribution in [1.29, 1.82) is 0 Å². The van der Waals surface area contributed by atoms with E-state index >= 15 is 0 Å². The van der Waals surface area contributed by atoms with Crippen LogP contribution >= 0.6 is 11.6 Å². The molecule has 2 aromatic rings. The molecule has 0 N–H and O–H groups in total. The highest BCUT2D eigenvalue weighted by Gasteiger charge is 2.29. The van der Waals surface area contributed by atoms with Gasteiger partial charge in [-0.15, -0.1) is 0 Å². The van der Waals surface area contributed by atoms with E-state index in [9.17, 15) is 0 Å². The predicted octanol–water partition coefficient (Wildman–Crippen LogP) is 2.92. The van der Waals surface area contributed by atoms with Crippen molar-refractivity contribution in [2.45, 2.75) is 25.3 Å². The number of aromatic nitrogens is 2. The van der Waals surface area contributed by atoms with Gasteiger partial charge in [-0.3, -0.25) is 4.90 Å². The first-order valence-electron chi connectivity index (χ1n) is 7.84. The third-order valence-electron chi connectivity index (χ3n) is 4.35. The molecule has 6 heteroatoms. The summed E-state index contributed by atoms with van der Waals surface area (Å²) < 4.78 is 5.36. The molecule has 116 valence electrons. The van der Waals surface area contributed by atoms with Gasteiger partial charge in [0.1, 0.15) is 0 Å². The van der Waals surface area contributed by atoms with E-state index in [4.69, 9.17) is 16.1 Å². The molecule has 2 aliphatic rings. The van der Waals surface area contributed by atoms with E-state index in [1.54, 1.807) is 0 Å². The molecule has 0 spiro atoms.